The highest BCUT2D eigenvalue weighted by molar-refractivity contribution is 9.10. The van der Waals surface area contributed by atoms with Crippen LogP contribution in [0, 0.1) is 0 Å². The van der Waals surface area contributed by atoms with Crippen molar-refractivity contribution in [1.29, 1.82) is 0 Å². The molecule has 0 aliphatic carbocycles. The van der Waals surface area contributed by atoms with Gasteiger partial charge in [0.1, 0.15) is 5.75 Å². The molecule has 0 unspecified atom stereocenters. The second-order valence-electron chi connectivity index (χ2n) is 2.84. The van der Waals surface area contributed by atoms with Gasteiger partial charge in [-0.05, 0) is 17.7 Å². The van der Waals surface area contributed by atoms with E-state index in [-0.39, 0.29) is 6.61 Å². The molecule has 0 radical (unpaired) electrons. The number of hydrogen-bond acceptors (Lipinski definition) is 3. The number of rotatable bonds is 4. The molecule has 3 nitrogen and oxygen atoms in total. The quantitative estimate of drug-likeness (QED) is 0.902. The lowest BCUT2D eigenvalue weighted by Crippen LogP contribution is -2.00. The highest BCUT2D eigenvalue weighted by Gasteiger charge is 2.09. The van der Waals surface area contributed by atoms with Gasteiger partial charge in [-0.15, -0.1) is 0 Å². The van der Waals surface area contributed by atoms with Crippen molar-refractivity contribution >= 4 is 15.9 Å². The topological polar surface area (TPSA) is 38.7 Å². The van der Waals surface area contributed by atoms with Crippen LogP contribution < -0.4 is 4.74 Å². The van der Waals surface area contributed by atoms with Gasteiger partial charge in [-0.1, -0.05) is 15.9 Å². The number of aliphatic hydroxyl groups is 1. The summed E-state index contributed by atoms with van der Waals surface area (Å²) < 4.78 is 11.1. The minimum atomic E-state index is -0.0465. The van der Waals surface area contributed by atoms with Crippen LogP contribution in [-0.2, 0) is 18.0 Å². The molecule has 0 amide bonds. The van der Waals surface area contributed by atoms with Crippen molar-refractivity contribution in [2.75, 3.05) is 14.2 Å². The molecule has 1 N–H and O–H groups in total. The van der Waals surface area contributed by atoms with E-state index in [4.69, 9.17) is 9.47 Å². The number of methoxy groups -OCH3 is 2. The minimum Gasteiger partial charge on any atom is -0.496 e. The number of benzene rings is 1. The van der Waals surface area contributed by atoms with E-state index < -0.39 is 0 Å². The Balaban J connectivity index is 3.17. The Morgan fingerprint density at radius 2 is 2.07 bits per heavy atom. The lowest BCUT2D eigenvalue weighted by Gasteiger charge is -2.12. The zero-order chi connectivity index (χ0) is 10.6. The van der Waals surface area contributed by atoms with Gasteiger partial charge in [0.25, 0.3) is 0 Å². The molecular weight excluding hydrogens is 248 g/mol. The van der Waals surface area contributed by atoms with Gasteiger partial charge in [0, 0.05) is 17.1 Å². The third-order valence-electron chi connectivity index (χ3n) is 1.94. The van der Waals surface area contributed by atoms with E-state index in [0.29, 0.717) is 12.4 Å². The average molecular weight is 261 g/mol. The van der Waals surface area contributed by atoms with Crippen LogP contribution in [0.15, 0.2) is 16.6 Å². The number of hydrogen-bond donors (Lipinski definition) is 1. The summed E-state index contributed by atoms with van der Waals surface area (Å²) in [4.78, 5) is 0. The molecule has 0 atom stereocenters. The molecule has 1 aromatic carbocycles. The summed E-state index contributed by atoms with van der Waals surface area (Å²) in [5, 5.41) is 9.20. The second-order valence-corrected chi connectivity index (χ2v) is 3.75. The molecule has 14 heavy (non-hydrogen) atoms. The fraction of sp³-hybridized carbons (Fsp3) is 0.400. The SMILES string of the molecule is COCc1cc(Br)cc(OC)c1CO. The van der Waals surface area contributed by atoms with Crippen molar-refractivity contribution < 1.29 is 14.6 Å². The van der Waals surface area contributed by atoms with E-state index in [2.05, 4.69) is 15.9 Å². The van der Waals surface area contributed by atoms with Crippen LogP contribution in [-0.4, -0.2) is 19.3 Å². The Labute approximate surface area is 91.8 Å². The second kappa shape index (κ2) is 5.34. The molecule has 0 aromatic heterocycles. The zero-order valence-corrected chi connectivity index (χ0v) is 9.80. The van der Waals surface area contributed by atoms with Crippen LogP contribution in [0.3, 0.4) is 0 Å². The first-order valence-electron chi connectivity index (χ1n) is 4.18. The van der Waals surface area contributed by atoms with Crippen molar-refractivity contribution in [2.24, 2.45) is 0 Å². The van der Waals surface area contributed by atoms with Gasteiger partial charge in [0.05, 0.1) is 20.3 Å². The molecule has 0 aliphatic heterocycles. The summed E-state index contributed by atoms with van der Waals surface area (Å²) >= 11 is 3.37. The molecule has 0 bridgehead atoms. The van der Waals surface area contributed by atoms with Crippen LogP contribution in [0.4, 0.5) is 0 Å². The predicted molar refractivity (Wildman–Crippen MR) is 57.3 cm³/mol. The van der Waals surface area contributed by atoms with Crippen molar-refractivity contribution in [3.63, 3.8) is 0 Å². The van der Waals surface area contributed by atoms with Gasteiger partial charge in [0.2, 0.25) is 0 Å². The number of aliphatic hydroxyl groups excluding tert-OH is 1. The van der Waals surface area contributed by atoms with E-state index in [0.717, 1.165) is 15.6 Å². The van der Waals surface area contributed by atoms with E-state index in [9.17, 15) is 5.11 Å². The monoisotopic (exact) mass is 260 g/mol. The lowest BCUT2D eigenvalue weighted by molar-refractivity contribution is 0.180. The molecule has 4 heteroatoms. The van der Waals surface area contributed by atoms with Gasteiger partial charge in [-0.2, -0.15) is 0 Å². The van der Waals surface area contributed by atoms with E-state index in [1.54, 1.807) is 14.2 Å². The first-order valence-corrected chi connectivity index (χ1v) is 4.97. The molecule has 1 aromatic rings. The molecule has 0 fully saturated rings. The highest BCUT2D eigenvalue weighted by Crippen LogP contribution is 2.28. The first-order chi connectivity index (χ1) is 6.72. The van der Waals surface area contributed by atoms with Crippen LogP contribution in [0.5, 0.6) is 5.75 Å². The van der Waals surface area contributed by atoms with Gasteiger partial charge in [0.15, 0.2) is 0 Å². The molecule has 0 saturated carbocycles. The van der Waals surface area contributed by atoms with E-state index >= 15 is 0 Å². The molecule has 0 aliphatic rings. The highest BCUT2D eigenvalue weighted by atomic mass is 79.9. The lowest BCUT2D eigenvalue weighted by atomic mass is 10.1. The number of ether oxygens (including phenoxy) is 2. The normalized spacial score (nSPS) is 10.3. The van der Waals surface area contributed by atoms with Crippen LogP contribution in [0.2, 0.25) is 0 Å². The molecular formula is C10H13BrO3. The third-order valence-corrected chi connectivity index (χ3v) is 2.40. The maximum atomic E-state index is 9.20. The number of halogens is 1. The first kappa shape index (κ1) is 11.5. The maximum absolute atomic E-state index is 9.20. The Morgan fingerprint density at radius 3 is 2.57 bits per heavy atom. The zero-order valence-electron chi connectivity index (χ0n) is 8.21. The van der Waals surface area contributed by atoms with Crippen molar-refractivity contribution in [2.45, 2.75) is 13.2 Å². The van der Waals surface area contributed by atoms with Gasteiger partial charge < -0.3 is 14.6 Å². The molecule has 0 saturated heterocycles. The summed E-state index contributed by atoms with van der Waals surface area (Å²) in [6.45, 7) is 0.418. The van der Waals surface area contributed by atoms with E-state index in [1.807, 2.05) is 12.1 Å². The van der Waals surface area contributed by atoms with Crippen LogP contribution in [0.25, 0.3) is 0 Å². The van der Waals surface area contributed by atoms with Crippen LogP contribution in [0.1, 0.15) is 11.1 Å². The smallest absolute Gasteiger partial charge is 0.125 e. The molecule has 1 rings (SSSR count). The molecule has 78 valence electrons. The van der Waals surface area contributed by atoms with Gasteiger partial charge >= 0.3 is 0 Å². The average Bonchev–Trinajstić information content (AvgIpc) is 2.17. The maximum Gasteiger partial charge on any atom is 0.125 e. The van der Waals surface area contributed by atoms with Gasteiger partial charge in [-0.3, -0.25) is 0 Å². The van der Waals surface area contributed by atoms with E-state index in [1.165, 1.54) is 0 Å². The Morgan fingerprint density at radius 1 is 1.36 bits per heavy atom. The van der Waals surface area contributed by atoms with Gasteiger partial charge in [-0.25, -0.2) is 0 Å². The van der Waals surface area contributed by atoms with Crippen LogP contribution >= 0.6 is 15.9 Å². The summed E-state index contributed by atoms with van der Waals surface area (Å²) in [7, 11) is 3.20. The predicted octanol–water partition coefficient (Wildman–Crippen LogP) is 2.10. The third kappa shape index (κ3) is 2.47. The minimum absolute atomic E-state index is 0.0465. The van der Waals surface area contributed by atoms with Crippen molar-refractivity contribution in [3.05, 3.63) is 27.7 Å². The summed E-state index contributed by atoms with van der Waals surface area (Å²) in [5.41, 5.74) is 1.71. The Kier molecular flexibility index (Phi) is 4.38. The molecule has 0 spiro atoms. The van der Waals surface area contributed by atoms with Crippen molar-refractivity contribution in [1.82, 2.24) is 0 Å². The summed E-state index contributed by atoms with van der Waals surface area (Å²) in [6, 6.07) is 3.74. The standard InChI is InChI=1S/C10H13BrO3/c1-13-6-7-3-8(11)4-10(14-2)9(7)5-12/h3-4,12H,5-6H2,1-2H3. The Bertz CT molecular complexity index is 312. The molecule has 0 heterocycles. The fourth-order valence-electron chi connectivity index (χ4n) is 1.31. The Hall–Kier alpha value is -0.580. The summed E-state index contributed by atoms with van der Waals surface area (Å²) in [6.07, 6.45) is 0. The summed E-state index contributed by atoms with van der Waals surface area (Å²) in [5.74, 6) is 0.675. The van der Waals surface area contributed by atoms with Crippen molar-refractivity contribution in [3.8, 4) is 5.75 Å². The fourth-order valence-corrected chi connectivity index (χ4v) is 1.80. The largest absolute Gasteiger partial charge is 0.496 e.